The number of rotatable bonds is 4. The van der Waals surface area contributed by atoms with Crippen molar-refractivity contribution in [3.63, 3.8) is 0 Å². The van der Waals surface area contributed by atoms with Gasteiger partial charge in [-0.15, -0.1) is 0 Å². The van der Waals surface area contributed by atoms with E-state index in [0.717, 1.165) is 24.8 Å². The van der Waals surface area contributed by atoms with Crippen molar-refractivity contribution in [2.24, 2.45) is 0 Å². The molecule has 0 radical (unpaired) electrons. The SMILES string of the molecule is CC(C)(C)OC(=O)N1CCCC[C@H]1C[S@](=O)Cc1ccc(Cl)nc1. The first-order valence-corrected chi connectivity index (χ1v) is 10.1. The van der Waals surface area contributed by atoms with E-state index in [0.29, 0.717) is 23.2 Å². The lowest BCUT2D eigenvalue weighted by molar-refractivity contribution is 0.0125. The predicted molar refractivity (Wildman–Crippen MR) is 96.5 cm³/mol. The van der Waals surface area contributed by atoms with Crippen LogP contribution in [-0.2, 0) is 21.3 Å². The van der Waals surface area contributed by atoms with Crippen LogP contribution in [0.25, 0.3) is 0 Å². The van der Waals surface area contributed by atoms with Crippen molar-refractivity contribution in [3.05, 3.63) is 29.0 Å². The van der Waals surface area contributed by atoms with Gasteiger partial charge in [-0.25, -0.2) is 9.78 Å². The molecule has 24 heavy (non-hydrogen) atoms. The first kappa shape index (κ1) is 19.2. The van der Waals surface area contributed by atoms with E-state index >= 15 is 0 Å². The summed E-state index contributed by atoms with van der Waals surface area (Å²) >= 11 is 5.77. The van der Waals surface area contributed by atoms with E-state index < -0.39 is 16.4 Å². The molecule has 1 saturated heterocycles. The number of piperidine rings is 1. The zero-order valence-corrected chi connectivity index (χ0v) is 16.0. The fraction of sp³-hybridized carbons (Fsp3) is 0.647. The Balaban J connectivity index is 1.96. The summed E-state index contributed by atoms with van der Waals surface area (Å²) in [4.78, 5) is 18.1. The number of amides is 1. The van der Waals surface area contributed by atoms with Gasteiger partial charge in [0.05, 0.1) is 5.75 Å². The molecule has 0 N–H and O–H groups in total. The Morgan fingerprint density at radius 2 is 2.17 bits per heavy atom. The Kier molecular flexibility index (Phi) is 6.63. The number of halogens is 1. The van der Waals surface area contributed by atoms with Gasteiger partial charge < -0.3 is 9.64 Å². The van der Waals surface area contributed by atoms with Gasteiger partial charge in [0.15, 0.2) is 0 Å². The van der Waals surface area contributed by atoms with Crippen LogP contribution in [0.1, 0.15) is 45.6 Å². The first-order valence-electron chi connectivity index (χ1n) is 8.19. The molecule has 5 nitrogen and oxygen atoms in total. The quantitative estimate of drug-likeness (QED) is 0.755. The van der Waals surface area contributed by atoms with E-state index in [1.54, 1.807) is 17.2 Å². The van der Waals surface area contributed by atoms with Gasteiger partial charge >= 0.3 is 6.09 Å². The fourth-order valence-corrected chi connectivity index (χ4v) is 4.23. The highest BCUT2D eigenvalue weighted by Gasteiger charge is 2.31. The van der Waals surface area contributed by atoms with Crippen molar-refractivity contribution in [2.45, 2.75) is 57.4 Å². The molecule has 0 bridgehead atoms. The maximum absolute atomic E-state index is 12.5. The molecular formula is C17H25ClN2O3S. The van der Waals surface area contributed by atoms with Crippen molar-refractivity contribution in [3.8, 4) is 0 Å². The minimum absolute atomic E-state index is 0.0327. The monoisotopic (exact) mass is 372 g/mol. The van der Waals surface area contributed by atoms with Crippen LogP contribution in [0.15, 0.2) is 18.3 Å². The lowest BCUT2D eigenvalue weighted by atomic mass is 10.0. The second-order valence-electron chi connectivity index (χ2n) is 7.06. The summed E-state index contributed by atoms with van der Waals surface area (Å²) in [6, 6.07) is 3.50. The molecule has 2 heterocycles. The van der Waals surface area contributed by atoms with E-state index in [1.807, 2.05) is 26.8 Å². The summed E-state index contributed by atoms with van der Waals surface area (Å²) in [5.74, 6) is 0.880. The lowest BCUT2D eigenvalue weighted by Crippen LogP contribution is -2.48. The van der Waals surface area contributed by atoms with Gasteiger partial charge in [-0.2, -0.15) is 0 Å². The van der Waals surface area contributed by atoms with Crippen LogP contribution in [0.3, 0.4) is 0 Å². The molecule has 2 rings (SSSR count). The van der Waals surface area contributed by atoms with Crippen molar-refractivity contribution in [2.75, 3.05) is 12.3 Å². The number of pyridine rings is 1. The van der Waals surface area contributed by atoms with Gasteiger partial charge in [-0.3, -0.25) is 4.21 Å². The second kappa shape index (κ2) is 8.30. The predicted octanol–water partition coefficient (Wildman–Crippen LogP) is 3.77. The van der Waals surface area contributed by atoms with Gasteiger partial charge in [0.2, 0.25) is 0 Å². The number of carbonyl (C=O) groups excluding carboxylic acids is 1. The summed E-state index contributed by atoms with van der Waals surface area (Å²) in [7, 11) is -1.07. The molecule has 134 valence electrons. The molecule has 1 aliphatic heterocycles. The number of carbonyl (C=O) groups is 1. The largest absolute Gasteiger partial charge is 0.444 e. The number of ether oxygens (including phenoxy) is 1. The third-order valence-corrected chi connectivity index (χ3v) is 5.39. The normalized spacial score (nSPS) is 19.8. The zero-order valence-electron chi connectivity index (χ0n) is 14.5. The highest BCUT2D eigenvalue weighted by molar-refractivity contribution is 7.84. The molecule has 7 heteroatoms. The maximum Gasteiger partial charge on any atom is 0.410 e. The molecule has 2 atom stereocenters. The van der Waals surface area contributed by atoms with Crippen LogP contribution in [0.5, 0.6) is 0 Å². The average molecular weight is 373 g/mol. The molecular weight excluding hydrogens is 348 g/mol. The molecule has 0 unspecified atom stereocenters. The smallest absolute Gasteiger partial charge is 0.410 e. The molecule has 1 fully saturated rings. The van der Waals surface area contributed by atoms with Crippen molar-refractivity contribution in [1.29, 1.82) is 0 Å². The maximum atomic E-state index is 12.5. The van der Waals surface area contributed by atoms with Crippen molar-refractivity contribution >= 4 is 28.5 Å². The summed E-state index contributed by atoms with van der Waals surface area (Å²) in [5.41, 5.74) is 0.366. The molecule has 1 amide bonds. The zero-order chi connectivity index (χ0) is 17.7. The number of nitrogens with zero attached hydrogens (tertiary/aromatic N) is 2. The summed E-state index contributed by atoms with van der Waals surface area (Å²) in [5, 5.41) is 0.424. The topological polar surface area (TPSA) is 59.5 Å². The van der Waals surface area contributed by atoms with E-state index in [2.05, 4.69) is 4.98 Å². The Hall–Kier alpha value is -1.14. The Bertz CT molecular complexity index is 586. The highest BCUT2D eigenvalue weighted by Crippen LogP contribution is 2.22. The minimum atomic E-state index is -1.07. The summed E-state index contributed by atoms with van der Waals surface area (Å²) < 4.78 is 18.0. The molecule has 1 aliphatic rings. The molecule has 1 aromatic rings. The number of likely N-dealkylation sites (tertiary alicyclic amines) is 1. The summed E-state index contributed by atoms with van der Waals surface area (Å²) in [6.45, 7) is 6.24. The number of hydrogen-bond acceptors (Lipinski definition) is 4. The Morgan fingerprint density at radius 3 is 2.79 bits per heavy atom. The second-order valence-corrected chi connectivity index (χ2v) is 8.95. The van der Waals surface area contributed by atoms with Crippen LogP contribution in [0, 0.1) is 0 Å². The highest BCUT2D eigenvalue weighted by atomic mass is 35.5. The fourth-order valence-electron chi connectivity index (χ4n) is 2.69. The van der Waals surface area contributed by atoms with Crippen LogP contribution < -0.4 is 0 Å². The average Bonchev–Trinajstić information content (AvgIpc) is 2.48. The van der Waals surface area contributed by atoms with Crippen molar-refractivity contribution < 1.29 is 13.7 Å². The third kappa shape index (κ3) is 6.06. The van der Waals surface area contributed by atoms with Crippen LogP contribution in [-0.4, -0.2) is 44.1 Å². The van der Waals surface area contributed by atoms with E-state index in [-0.39, 0.29) is 12.1 Å². The van der Waals surface area contributed by atoms with Gasteiger partial charge in [-0.1, -0.05) is 17.7 Å². The van der Waals surface area contributed by atoms with Gasteiger partial charge in [0, 0.05) is 35.3 Å². The molecule has 0 aromatic carbocycles. The lowest BCUT2D eigenvalue weighted by Gasteiger charge is -2.36. The molecule has 0 saturated carbocycles. The summed E-state index contributed by atoms with van der Waals surface area (Å²) in [6.07, 6.45) is 4.21. The molecule has 0 spiro atoms. The standard InChI is InChI=1S/C17H25ClN2O3S/c1-17(2,3)23-16(21)20-9-5-4-6-14(20)12-24(22)11-13-7-8-15(18)19-10-13/h7-8,10,14H,4-6,9,11-12H2,1-3H3/t14-,24+/m0/s1. The van der Waals surface area contributed by atoms with Crippen LogP contribution >= 0.6 is 11.6 Å². The van der Waals surface area contributed by atoms with E-state index in [9.17, 15) is 9.00 Å². The minimum Gasteiger partial charge on any atom is -0.444 e. The number of aromatic nitrogens is 1. The molecule has 0 aliphatic carbocycles. The Labute approximate surface area is 151 Å². The van der Waals surface area contributed by atoms with Gasteiger partial charge in [0.25, 0.3) is 0 Å². The first-order chi connectivity index (χ1) is 11.2. The number of hydrogen-bond donors (Lipinski definition) is 0. The Morgan fingerprint density at radius 1 is 1.42 bits per heavy atom. The van der Waals surface area contributed by atoms with Crippen LogP contribution in [0.2, 0.25) is 5.15 Å². The third-order valence-electron chi connectivity index (χ3n) is 3.75. The van der Waals surface area contributed by atoms with Gasteiger partial charge in [-0.05, 0) is 51.7 Å². The van der Waals surface area contributed by atoms with Crippen LogP contribution in [0.4, 0.5) is 4.79 Å². The van der Waals surface area contributed by atoms with Gasteiger partial charge in [0.1, 0.15) is 10.8 Å². The molecule has 1 aromatic heterocycles. The van der Waals surface area contributed by atoms with E-state index in [4.69, 9.17) is 16.3 Å². The van der Waals surface area contributed by atoms with E-state index in [1.165, 1.54) is 0 Å². The van der Waals surface area contributed by atoms with Crippen molar-refractivity contribution in [1.82, 2.24) is 9.88 Å².